The molecule has 0 bridgehead atoms. The summed E-state index contributed by atoms with van der Waals surface area (Å²) in [5.41, 5.74) is 1.28. The molecule has 168 valence electrons. The van der Waals surface area contributed by atoms with Gasteiger partial charge in [-0.1, -0.05) is 43.0 Å². The van der Waals surface area contributed by atoms with Crippen LogP contribution in [0.4, 0.5) is 5.69 Å². The zero-order valence-electron chi connectivity index (χ0n) is 17.8. The van der Waals surface area contributed by atoms with Crippen LogP contribution in [0.25, 0.3) is 0 Å². The summed E-state index contributed by atoms with van der Waals surface area (Å²) >= 11 is 1.22. The van der Waals surface area contributed by atoms with Crippen LogP contribution in [0.15, 0.2) is 72.8 Å². The summed E-state index contributed by atoms with van der Waals surface area (Å²) in [6.07, 6.45) is 0. The van der Waals surface area contributed by atoms with Crippen molar-refractivity contribution < 1.29 is 23.9 Å². The van der Waals surface area contributed by atoms with Crippen LogP contribution in [0.2, 0.25) is 0 Å². The normalized spacial score (nSPS) is 18.2. The first-order valence-electron chi connectivity index (χ1n) is 9.91. The van der Waals surface area contributed by atoms with Gasteiger partial charge in [0.25, 0.3) is 5.91 Å². The number of ether oxygens (including phenoxy) is 2. The zero-order valence-corrected chi connectivity index (χ0v) is 18.6. The summed E-state index contributed by atoms with van der Waals surface area (Å²) in [5.74, 6) is -0.881. The maximum absolute atomic E-state index is 12.9. The van der Waals surface area contributed by atoms with Crippen molar-refractivity contribution in [3.05, 3.63) is 72.8 Å². The van der Waals surface area contributed by atoms with E-state index in [1.807, 2.05) is 36.4 Å². The van der Waals surface area contributed by atoms with Gasteiger partial charge in [0.2, 0.25) is 5.91 Å². The van der Waals surface area contributed by atoms with Gasteiger partial charge < -0.3 is 24.4 Å². The third kappa shape index (κ3) is 5.42. The molecule has 2 N–H and O–H groups in total. The van der Waals surface area contributed by atoms with Crippen molar-refractivity contribution in [2.45, 2.75) is 24.4 Å². The molecule has 0 spiro atoms. The second kappa shape index (κ2) is 10.7. The third-order valence-corrected chi connectivity index (χ3v) is 5.84. The van der Waals surface area contributed by atoms with Crippen LogP contribution in [0, 0.1) is 0 Å². The van der Waals surface area contributed by atoms with Gasteiger partial charge in [0.05, 0.1) is 7.11 Å². The molecule has 0 aliphatic carbocycles. The van der Waals surface area contributed by atoms with E-state index in [2.05, 4.69) is 16.6 Å². The fraction of sp³-hybridized carbons (Fsp3) is 0.261. The molecule has 1 aliphatic rings. The number of amides is 2. The molecule has 1 heterocycles. The molecule has 0 aromatic heterocycles. The van der Waals surface area contributed by atoms with Crippen LogP contribution in [-0.4, -0.2) is 53.9 Å². The lowest BCUT2D eigenvalue weighted by Gasteiger charge is -2.49. The average molecular weight is 456 g/mol. The molecule has 1 saturated heterocycles. The molecular weight excluding hydrogens is 430 g/mol. The van der Waals surface area contributed by atoms with Gasteiger partial charge in [-0.25, -0.2) is 4.79 Å². The summed E-state index contributed by atoms with van der Waals surface area (Å²) < 4.78 is 13.5. The smallest absolute Gasteiger partial charge is 0.332 e. The molecule has 0 saturated carbocycles. The fourth-order valence-electron chi connectivity index (χ4n) is 3.20. The third-order valence-electron chi connectivity index (χ3n) is 4.75. The second-order valence-electron chi connectivity index (χ2n) is 7.14. The Hall–Kier alpha value is -3.46. The summed E-state index contributed by atoms with van der Waals surface area (Å²) in [7, 11) is 1.26. The number of β-lactam (4-membered cyclic amide) rings is 1. The summed E-state index contributed by atoms with van der Waals surface area (Å²) in [6, 6.07) is 16.5. The van der Waals surface area contributed by atoms with E-state index in [9.17, 15) is 14.4 Å². The largest absolute Gasteiger partial charge is 0.484 e. The highest BCUT2D eigenvalue weighted by Gasteiger charge is 2.54. The van der Waals surface area contributed by atoms with Crippen molar-refractivity contribution in [2.24, 2.45) is 0 Å². The molecule has 8 nitrogen and oxygen atoms in total. The van der Waals surface area contributed by atoms with Crippen molar-refractivity contribution in [3.8, 4) is 5.75 Å². The van der Waals surface area contributed by atoms with Crippen LogP contribution < -0.4 is 14.8 Å². The lowest BCUT2D eigenvalue weighted by Crippen LogP contribution is -2.73. The number of nitrogens with zero attached hydrogens (tertiary/aromatic N) is 1. The molecule has 2 aromatic rings. The highest BCUT2D eigenvalue weighted by Crippen LogP contribution is 2.35. The average Bonchev–Trinajstić information content (AvgIpc) is 2.81. The predicted octanol–water partition coefficient (Wildman–Crippen LogP) is 2.60. The maximum atomic E-state index is 12.9. The number of benzene rings is 2. The molecule has 9 heteroatoms. The number of esters is 1. The van der Waals surface area contributed by atoms with E-state index in [1.54, 1.807) is 31.2 Å². The number of hydrogen-bond acceptors (Lipinski definition) is 7. The molecule has 2 aromatic carbocycles. The van der Waals surface area contributed by atoms with E-state index in [0.717, 1.165) is 5.69 Å². The van der Waals surface area contributed by atoms with Gasteiger partial charge in [-0.2, -0.15) is 0 Å². The van der Waals surface area contributed by atoms with Crippen molar-refractivity contribution in [1.82, 2.24) is 10.2 Å². The molecule has 0 radical (unpaired) electrons. The minimum Gasteiger partial charge on any atom is -0.484 e. The van der Waals surface area contributed by atoms with Crippen LogP contribution in [0.1, 0.15) is 6.92 Å². The van der Waals surface area contributed by atoms with Gasteiger partial charge in [-0.15, -0.1) is 0 Å². The molecular formula is C23H25N3O5S. The van der Waals surface area contributed by atoms with Crippen LogP contribution in [0.5, 0.6) is 5.75 Å². The minimum atomic E-state index is -0.948. The van der Waals surface area contributed by atoms with Gasteiger partial charge in [-0.3, -0.25) is 9.59 Å². The van der Waals surface area contributed by atoms with Crippen LogP contribution >= 0.6 is 11.9 Å². The van der Waals surface area contributed by atoms with Crippen molar-refractivity contribution in [3.63, 3.8) is 0 Å². The van der Waals surface area contributed by atoms with Gasteiger partial charge in [-0.05, 0) is 48.7 Å². The van der Waals surface area contributed by atoms with Crippen molar-refractivity contribution in [2.75, 3.05) is 18.4 Å². The Kier molecular flexibility index (Phi) is 7.77. The number of methoxy groups -OCH3 is 1. The zero-order chi connectivity index (χ0) is 23.1. The monoisotopic (exact) mass is 455 g/mol. The van der Waals surface area contributed by atoms with E-state index in [4.69, 9.17) is 9.47 Å². The minimum absolute atomic E-state index is 0.238. The molecule has 32 heavy (non-hydrogen) atoms. The molecule has 3 unspecified atom stereocenters. The standard InChI is InChI=1S/C23H25N3O5S/c1-15(2)20(23(29)30-3)26-21(28)19(22(26)32-25-16-10-6-4-7-11-16)24-18(27)14-31-17-12-8-5-9-13-17/h4-13,19-20,22,25H,1,14H2,2-3H3,(H,24,27). The highest BCUT2D eigenvalue weighted by molar-refractivity contribution is 8.01. The van der Waals surface area contributed by atoms with Gasteiger partial charge in [0, 0.05) is 5.69 Å². The molecule has 2 amide bonds. The summed E-state index contributed by atoms with van der Waals surface area (Å²) in [4.78, 5) is 39.1. The SMILES string of the molecule is C=C(C)C(C(=O)OC)N1C(=O)C(NC(=O)COc2ccccc2)C1SNc1ccccc1. The Bertz CT molecular complexity index is 970. The number of anilines is 1. The van der Waals surface area contributed by atoms with E-state index >= 15 is 0 Å². The number of carbonyl (C=O) groups is 3. The Balaban J connectivity index is 1.71. The molecule has 1 aliphatic heterocycles. The number of para-hydroxylation sites is 2. The quantitative estimate of drug-likeness (QED) is 0.246. The van der Waals surface area contributed by atoms with E-state index < -0.39 is 35.2 Å². The predicted molar refractivity (Wildman–Crippen MR) is 123 cm³/mol. The number of hydrogen-bond donors (Lipinski definition) is 2. The van der Waals surface area contributed by atoms with Gasteiger partial charge in [0.1, 0.15) is 17.2 Å². The molecule has 1 fully saturated rings. The van der Waals surface area contributed by atoms with Crippen LogP contribution in [-0.2, 0) is 19.1 Å². The Labute approximate surface area is 191 Å². The summed E-state index contributed by atoms with van der Waals surface area (Å²) in [5, 5.41) is 2.14. The fourth-order valence-corrected chi connectivity index (χ4v) is 4.25. The maximum Gasteiger partial charge on any atom is 0.332 e. The Morgan fingerprint density at radius 3 is 2.34 bits per heavy atom. The first kappa shape index (κ1) is 23.2. The topological polar surface area (TPSA) is 97.0 Å². The molecule has 3 rings (SSSR count). The van der Waals surface area contributed by atoms with E-state index in [1.165, 1.54) is 24.0 Å². The Morgan fingerprint density at radius 1 is 1.12 bits per heavy atom. The first-order valence-corrected chi connectivity index (χ1v) is 10.8. The molecule has 3 atom stereocenters. The first-order chi connectivity index (χ1) is 15.4. The number of carbonyl (C=O) groups excluding carboxylic acids is 3. The lowest BCUT2D eigenvalue weighted by atomic mass is 9.99. The summed E-state index contributed by atoms with van der Waals surface area (Å²) in [6.45, 7) is 5.25. The lowest BCUT2D eigenvalue weighted by molar-refractivity contribution is -0.161. The van der Waals surface area contributed by atoms with E-state index in [-0.39, 0.29) is 6.61 Å². The van der Waals surface area contributed by atoms with Crippen molar-refractivity contribution >= 4 is 35.4 Å². The van der Waals surface area contributed by atoms with Crippen molar-refractivity contribution in [1.29, 1.82) is 0 Å². The second-order valence-corrected chi connectivity index (χ2v) is 8.06. The Morgan fingerprint density at radius 2 is 1.75 bits per heavy atom. The number of nitrogens with one attached hydrogen (secondary N) is 2. The van der Waals surface area contributed by atoms with Gasteiger partial charge in [0.15, 0.2) is 12.6 Å². The van der Waals surface area contributed by atoms with E-state index in [0.29, 0.717) is 11.3 Å². The number of rotatable bonds is 10. The number of likely N-dealkylation sites (tertiary alicyclic amines) is 1. The van der Waals surface area contributed by atoms with Gasteiger partial charge >= 0.3 is 5.97 Å². The van der Waals surface area contributed by atoms with Crippen LogP contribution in [0.3, 0.4) is 0 Å². The highest BCUT2D eigenvalue weighted by atomic mass is 32.2.